The van der Waals surface area contributed by atoms with Gasteiger partial charge >= 0.3 is 6.03 Å². The summed E-state index contributed by atoms with van der Waals surface area (Å²) in [4.78, 5) is 26.4. The fourth-order valence-electron chi connectivity index (χ4n) is 4.59. The predicted octanol–water partition coefficient (Wildman–Crippen LogP) is 1.70. The summed E-state index contributed by atoms with van der Waals surface area (Å²) < 4.78 is 38.5. The molecule has 0 unspecified atom stereocenters. The first-order valence-electron chi connectivity index (χ1n) is 12.2. The first kappa shape index (κ1) is 24.6. The van der Waals surface area contributed by atoms with Gasteiger partial charge in [0.2, 0.25) is 15.9 Å². The fraction of sp³-hybridized carbons (Fsp3) is 0.652. The van der Waals surface area contributed by atoms with Gasteiger partial charge in [0.25, 0.3) is 0 Å². The molecule has 2 fully saturated rings. The van der Waals surface area contributed by atoms with Crippen molar-refractivity contribution in [1.82, 2.24) is 19.8 Å². The molecule has 1 aliphatic carbocycles. The van der Waals surface area contributed by atoms with Crippen molar-refractivity contribution >= 4 is 22.0 Å². The Morgan fingerprint density at radius 2 is 1.68 bits per heavy atom. The minimum atomic E-state index is -3.68. The number of nitrogens with one attached hydrogen (secondary N) is 2. The number of ether oxygens (including phenoxy) is 2. The number of carbonyl (C=O) groups excluding carboxylic acids is 2. The largest absolute Gasteiger partial charge is 0.486 e. The third kappa shape index (κ3) is 6.12. The van der Waals surface area contributed by atoms with Crippen molar-refractivity contribution in [3.05, 3.63) is 18.2 Å². The summed E-state index contributed by atoms with van der Waals surface area (Å²) in [5.41, 5.74) is 0. The highest BCUT2D eigenvalue weighted by Crippen LogP contribution is 2.33. The molecule has 2 N–H and O–H groups in total. The van der Waals surface area contributed by atoms with Crippen molar-refractivity contribution in [2.75, 3.05) is 45.9 Å². The van der Waals surface area contributed by atoms with Crippen LogP contribution in [0.15, 0.2) is 23.1 Å². The van der Waals surface area contributed by atoms with E-state index < -0.39 is 10.0 Å². The van der Waals surface area contributed by atoms with Crippen molar-refractivity contribution in [3.63, 3.8) is 0 Å². The zero-order chi connectivity index (χ0) is 24.0. The van der Waals surface area contributed by atoms with Gasteiger partial charge in [0, 0.05) is 51.3 Å². The topological polar surface area (TPSA) is 117 Å². The standard InChI is InChI=1S/C23H34N4O6S/c28-22(7-4-10-24-23(29)25-18-5-2-1-3-6-18)26-11-13-27(14-12-26)34(30,31)19-8-9-20-21(17-19)33-16-15-32-20/h8-9,17-18H,1-7,10-16H2,(H2,24,25,29). The van der Waals surface area contributed by atoms with Crippen LogP contribution in [0.5, 0.6) is 11.5 Å². The van der Waals surface area contributed by atoms with Crippen molar-refractivity contribution in [2.24, 2.45) is 0 Å². The molecule has 1 aromatic carbocycles. The van der Waals surface area contributed by atoms with Gasteiger partial charge in [-0.05, 0) is 31.4 Å². The SMILES string of the molecule is O=C(NCCCC(=O)N1CCN(S(=O)(=O)c2ccc3c(c2)OCCO3)CC1)NC1CCCCC1. The highest BCUT2D eigenvalue weighted by molar-refractivity contribution is 7.89. The lowest BCUT2D eigenvalue weighted by Gasteiger charge is -2.34. The number of amides is 3. The number of carbonyl (C=O) groups is 2. The molecule has 2 aliphatic heterocycles. The zero-order valence-electron chi connectivity index (χ0n) is 19.5. The van der Waals surface area contributed by atoms with Gasteiger partial charge in [-0.15, -0.1) is 0 Å². The van der Waals surface area contributed by atoms with Crippen LogP contribution in [0, 0.1) is 0 Å². The summed E-state index contributed by atoms with van der Waals surface area (Å²) in [5, 5.41) is 5.82. The van der Waals surface area contributed by atoms with Gasteiger partial charge in [0.15, 0.2) is 11.5 Å². The van der Waals surface area contributed by atoms with E-state index in [-0.39, 0.29) is 36.0 Å². The Morgan fingerprint density at radius 3 is 2.41 bits per heavy atom. The van der Waals surface area contributed by atoms with E-state index in [0.717, 1.165) is 25.7 Å². The van der Waals surface area contributed by atoms with Crippen LogP contribution in [0.3, 0.4) is 0 Å². The minimum Gasteiger partial charge on any atom is -0.486 e. The molecule has 1 saturated carbocycles. The number of fused-ring (bicyclic) bond motifs is 1. The molecule has 2 heterocycles. The van der Waals surface area contributed by atoms with E-state index in [1.807, 2.05) is 0 Å². The van der Waals surface area contributed by atoms with E-state index >= 15 is 0 Å². The number of nitrogens with zero attached hydrogens (tertiary/aromatic N) is 2. The van der Waals surface area contributed by atoms with Crippen molar-refractivity contribution in [3.8, 4) is 11.5 Å². The van der Waals surface area contributed by atoms with Gasteiger partial charge in [-0.1, -0.05) is 19.3 Å². The van der Waals surface area contributed by atoms with Crippen LogP contribution in [0.2, 0.25) is 0 Å². The van der Waals surface area contributed by atoms with Gasteiger partial charge in [0.1, 0.15) is 13.2 Å². The highest BCUT2D eigenvalue weighted by Gasteiger charge is 2.31. The average Bonchev–Trinajstić information content (AvgIpc) is 2.87. The molecule has 0 atom stereocenters. The van der Waals surface area contributed by atoms with Gasteiger partial charge in [0.05, 0.1) is 4.90 Å². The molecule has 0 spiro atoms. The maximum Gasteiger partial charge on any atom is 0.315 e. The summed E-state index contributed by atoms with van der Waals surface area (Å²) in [5.74, 6) is 0.953. The van der Waals surface area contributed by atoms with Crippen LogP contribution >= 0.6 is 0 Å². The van der Waals surface area contributed by atoms with E-state index in [4.69, 9.17) is 9.47 Å². The Labute approximate surface area is 201 Å². The first-order chi connectivity index (χ1) is 16.4. The first-order valence-corrected chi connectivity index (χ1v) is 13.6. The van der Waals surface area contributed by atoms with Crippen LogP contribution < -0.4 is 20.1 Å². The average molecular weight is 495 g/mol. The molecule has 34 heavy (non-hydrogen) atoms. The van der Waals surface area contributed by atoms with Gasteiger partial charge in [-0.2, -0.15) is 4.31 Å². The van der Waals surface area contributed by atoms with Crippen LogP contribution in [-0.4, -0.2) is 81.5 Å². The summed E-state index contributed by atoms with van der Waals surface area (Å²) in [6.45, 7) is 2.44. The molecule has 188 valence electrons. The molecule has 3 aliphatic rings. The predicted molar refractivity (Wildman–Crippen MR) is 125 cm³/mol. The zero-order valence-corrected chi connectivity index (χ0v) is 20.3. The molecule has 1 saturated heterocycles. The Hall–Kier alpha value is -2.53. The Morgan fingerprint density at radius 1 is 0.971 bits per heavy atom. The molecule has 0 radical (unpaired) electrons. The van der Waals surface area contributed by atoms with Crippen LogP contribution in [0.4, 0.5) is 4.79 Å². The summed E-state index contributed by atoms with van der Waals surface area (Å²) in [7, 11) is -3.68. The lowest BCUT2D eigenvalue weighted by atomic mass is 9.96. The molecule has 3 amide bonds. The molecule has 11 heteroatoms. The van der Waals surface area contributed by atoms with Gasteiger partial charge in [-0.3, -0.25) is 4.79 Å². The second-order valence-electron chi connectivity index (χ2n) is 8.93. The Balaban J connectivity index is 1.18. The summed E-state index contributed by atoms with van der Waals surface area (Å²) in [6, 6.07) is 4.73. The number of hydrogen-bond acceptors (Lipinski definition) is 6. The number of urea groups is 1. The lowest BCUT2D eigenvalue weighted by Crippen LogP contribution is -2.50. The monoisotopic (exact) mass is 494 g/mol. The smallest absolute Gasteiger partial charge is 0.315 e. The van der Waals surface area contributed by atoms with Crippen LogP contribution in [0.25, 0.3) is 0 Å². The van der Waals surface area contributed by atoms with E-state index in [1.165, 1.54) is 22.9 Å². The van der Waals surface area contributed by atoms with Crippen LogP contribution in [-0.2, 0) is 14.8 Å². The van der Waals surface area contributed by atoms with Crippen molar-refractivity contribution in [2.45, 2.75) is 55.9 Å². The summed E-state index contributed by atoms with van der Waals surface area (Å²) >= 11 is 0. The lowest BCUT2D eigenvalue weighted by molar-refractivity contribution is -0.132. The Bertz CT molecular complexity index is 972. The maximum atomic E-state index is 13.0. The number of hydrogen-bond donors (Lipinski definition) is 2. The van der Waals surface area contributed by atoms with Crippen molar-refractivity contribution < 1.29 is 27.5 Å². The molecule has 0 bridgehead atoms. The molecule has 1 aromatic rings. The maximum absolute atomic E-state index is 13.0. The molecule has 0 aromatic heterocycles. The molecule has 4 rings (SSSR count). The van der Waals surface area contributed by atoms with Crippen molar-refractivity contribution in [1.29, 1.82) is 0 Å². The number of sulfonamides is 1. The van der Waals surface area contributed by atoms with Crippen LogP contribution in [0.1, 0.15) is 44.9 Å². The highest BCUT2D eigenvalue weighted by atomic mass is 32.2. The second kappa shape index (κ2) is 11.3. The quantitative estimate of drug-likeness (QED) is 0.558. The van der Waals surface area contributed by atoms with E-state index in [2.05, 4.69) is 10.6 Å². The molecular formula is C23H34N4O6S. The van der Waals surface area contributed by atoms with Gasteiger partial charge in [-0.25, -0.2) is 13.2 Å². The fourth-order valence-corrected chi connectivity index (χ4v) is 6.03. The molecule has 10 nitrogen and oxygen atoms in total. The third-order valence-electron chi connectivity index (χ3n) is 6.54. The summed E-state index contributed by atoms with van der Waals surface area (Å²) in [6.07, 6.45) is 6.48. The normalized spacial score (nSPS) is 19.5. The number of rotatable bonds is 7. The molecular weight excluding hydrogens is 460 g/mol. The van der Waals surface area contributed by atoms with E-state index in [1.54, 1.807) is 11.0 Å². The number of piperazine rings is 1. The Kier molecular flexibility index (Phi) is 8.15. The van der Waals surface area contributed by atoms with E-state index in [0.29, 0.717) is 57.2 Å². The third-order valence-corrected chi connectivity index (χ3v) is 8.43. The van der Waals surface area contributed by atoms with Gasteiger partial charge < -0.3 is 25.0 Å². The minimum absolute atomic E-state index is 0.0223. The van der Waals surface area contributed by atoms with E-state index in [9.17, 15) is 18.0 Å². The second-order valence-corrected chi connectivity index (χ2v) is 10.9. The number of benzene rings is 1.